The Morgan fingerprint density at radius 2 is 1.10 bits per heavy atom. The van der Waals surface area contributed by atoms with Crippen molar-refractivity contribution in [3.05, 3.63) is 180 Å². The molecule has 0 spiro atoms. The average Bonchev–Trinajstić information content (AvgIpc) is 3.14. The fourth-order valence-corrected chi connectivity index (χ4v) is 8.63. The average molecular weight is 649 g/mol. The molecule has 0 radical (unpaired) electrons. The van der Waals surface area contributed by atoms with Gasteiger partial charge in [0.2, 0.25) is 0 Å². The number of benzene rings is 6. The molecule has 0 aromatic heterocycles. The van der Waals surface area contributed by atoms with Crippen molar-refractivity contribution in [2.45, 2.75) is 33.5 Å². The van der Waals surface area contributed by atoms with Gasteiger partial charge in [-0.3, -0.25) is 0 Å². The molecule has 0 unspecified atom stereocenters. The number of ether oxygens (including phenoxy) is 2. The minimum Gasteiger partial charge on any atom is -0.489 e. The molecule has 6 aromatic rings. The molecule has 0 fully saturated rings. The molecule has 0 aliphatic rings. The summed E-state index contributed by atoms with van der Waals surface area (Å²) in [5.74, 6) is 1.83. The van der Waals surface area contributed by atoms with Crippen molar-refractivity contribution in [2.24, 2.45) is 5.92 Å². The van der Waals surface area contributed by atoms with Gasteiger partial charge in [0, 0.05) is 10.6 Å². The largest absolute Gasteiger partial charge is 0.489 e. The van der Waals surface area contributed by atoms with Gasteiger partial charge in [-0.2, -0.15) is 0 Å². The molecule has 3 nitrogen and oxygen atoms in total. The molecule has 0 aliphatic heterocycles. The minimum absolute atomic E-state index is 0.333. The van der Waals surface area contributed by atoms with E-state index in [0.717, 1.165) is 39.3 Å². The second-order valence-electron chi connectivity index (χ2n) is 12.4. The van der Waals surface area contributed by atoms with E-state index in [0.29, 0.717) is 35.9 Å². The Morgan fingerprint density at radius 3 is 1.62 bits per heavy atom. The van der Waals surface area contributed by atoms with Gasteiger partial charge in [0.05, 0.1) is 5.30 Å². The van der Waals surface area contributed by atoms with Gasteiger partial charge in [0.15, 0.2) is 7.14 Å². The second-order valence-corrected chi connectivity index (χ2v) is 15.2. The van der Waals surface area contributed by atoms with E-state index in [9.17, 15) is 0 Å². The maximum atomic E-state index is 15.5. The van der Waals surface area contributed by atoms with Crippen LogP contribution in [0.5, 0.6) is 11.5 Å². The number of rotatable bonds is 13. The molecule has 6 aromatic carbocycles. The van der Waals surface area contributed by atoms with E-state index in [2.05, 4.69) is 69.0 Å². The van der Waals surface area contributed by atoms with Gasteiger partial charge in [-0.25, -0.2) is 0 Å². The van der Waals surface area contributed by atoms with Gasteiger partial charge in [-0.1, -0.05) is 160 Å². The monoisotopic (exact) mass is 648 g/mol. The summed E-state index contributed by atoms with van der Waals surface area (Å²) in [6, 6.07) is 50.4. The molecule has 6 rings (SSSR count). The van der Waals surface area contributed by atoms with Crippen LogP contribution in [0.25, 0.3) is 17.2 Å². The molecule has 0 heterocycles. The first-order chi connectivity index (χ1) is 23.4. The summed E-state index contributed by atoms with van der Waals surface area (Å²) in [6.45, 7) is 9.03. The standard InChI is InChI=1S/C44H41O3P/c1-4-34-15-17-36(18-16-34)31-46-40-27-28-43(44(30-40)48(45,41-11-7-5-8-12-41)42-13-9-6-10-14-42)47-32-37-21-25-39(26-22-37)38-23-19-35(20-24-38)29-33(2)3/h4-28,30,33H,1,29,31-32H2,2-3H3. The molecular weight excluding hydrogens is 607 g/mol. The van der Waals surface area contributed by atoms with Gasteiger partial charge in [0.25, 0.3) is 0 Å². The third kappa shape index (κ3) is 7.71. The zero-order valence-electron chi connectivity index (χ0n) is 27.6. The van der Waals surface area contributed by atoms with Crippen molar-refractivity contribution in [2.75, 3.05) is 0 Å². The van der Waals surface area contributed by atoms with E-state index in [1.807, 2.05) is 109 Å². The van der Waals surface area contributed by atoms with Gasteiger partial charge >= 0.3 is 0 Å². The molecule has 48 heavy (non-hydrogen) atoms. The Balaban J connectivity index is 1.30. The molecule has 0 amide bonds. The van der Waals surface area contributed by atoms with Gasteiger partial charge in [-0.15, -0.1) is 0 Å². The van der Waals surface area contributed by atoms with Crippen LogP contribution in [0.3, 0.4) is 0 Å². The van der Waals surface area contributed by atoms with Crippen LogP contribution in [-0.4, -0.2) is 0 Å². The Morgan fingerprint density at radius 1 is 0.604 bits per heavy atom. The summed E-state index contributed by atoms with van der Waals surface area (Å²) >= 11 is 0. The maximum absolute atomic E-state index is 15.5. The highest BCUT2D eigenvalue weighted by molar-refractivity contribution is 7.85. The lowest BCUT2D eigenvalue weighted by molar-refractivity contribution is 0.299. The summed E-state index contributed by atoms with van der Waals surface area (Å²) in [7, 11) is -3.35. The van der Waals surface area contributed by atoms with Crippen molar-refractivity contribution >= 4 is 29.1 Å². The van der Waals surface area contributed by atoms with E-state index >= 15 is 4.57 Å². The molecule has 4 heteroatoms. The Kier molecular flexibility index (Phi) is 10.4. The predicted octanol–water partition coefficient (Wildman–Crippen LogP) is 9.99. The zero-order chi connectivity index (χ0) is 33.3. The Labute approximate surface area is 284 Å². The fourth-order valence-electron chi connectivity index (χ4n) is 5.83. The predicted molar refractivity (Wildman–Crippen MR) is 201 cm³/mol. The van der Waals surface area contributed by atoms with Crippen molar-refractivity contribution in [1.82, 2.24) is 0 Å². The van der Waals surface area contributed by atoms with Gasteiger partial charge < -0.3 is 14.0 Å². The number of hydrogen-bond donors (Lipinski definition) is 0. The third-order valence-corrected chi connectivity index (χ3v) is 11.5. The van der Waals surface area contributed by atoms with Crippen LogP contribution < -0.4 is 25.4 Å². The SMILES string of the molecule is C=Cc1ccc(COc2ccc(OCc3ccc(-c4ccc(CC(C)C)cc4)cc3)c(P(=O)(c3ccccc3)c3ccccc3)c2)cc1. The lowest BCUT2D eigenvalue weighted by atomic mass is 9.99. The third-order valence-electron chi connectivity index (χ3n) is 8.41. The van der Waals surface area contributed by atoms with Crippen molar-refractivity contribution in [3.8, 4) is 22.6 Å². The molecule has 0 atom stereocenters. The summed E-state index contributed by atoms with van der Waals surface area (Å²) in [5.41, 5.74) is 6.83. The van der Waals surface area contributed by atoms with E-state index in [-0.39, 0.29) is 0 Å². The smallest absolute Gasteiger partial charge is 0.174 e. The molecule has 0 aliphatic carbocycles. The Bertz CT molecular complexity index is 1940. The highest BCUT2D eigenvalue weighted by Gasteiger charge is 2.33. The lowest BCUT2D eigenvalue weighted by Crippen LogP contribution is -2.26. The van der Waals surface area contributed by atoms with Crippen molar-refractivity contribution < 1.29 is 14.0 Å². The van der Waals surface area contributed by atoms with Crippen LogP contribution in [0.15, 0.2) is 158 Å². The summed E-state index contributed by atoms with van der Waals surface area (Å²) < 4.78 is 28.3. The first-order valence-electron chi connectivity index (χ1n) is 16.4. The first kappa shape index (κ1) is 32.8. The normalized spacial score (nSPS) is 11.3. The van der Waals surface area contributed by atoms with Crippen molar-refractivity contribution in [1.29, 1.82) is 0 Å². The maximum Gasteiger partial charge on any atom is 0.174 e. The number of hydrogen-bond acceptors (Lipinski definition) is 3. The van der Waals surface area contributed by atoms with E-state index in [1.165, 1.54) is 11.1 Å². The highest BCUT2D eigenvalue weighted by Crippen LogP contribution is 2.46. The molecule has 0 bridgehead atoms. The molecule has 0 N–H and O–H groups in total. The first-order valence-corrected chi connectivity index (χ1v) is 18.1. The summed E-state index contributed by atoms with van der Waals surface area (Å²) in [4.78, 5) is 0. The molecule has 240 valence electrons. The van der Waals surface area contributed by atoms with Gasteiger partial charge in [0.1, 0.15) is 24.7 Å². The van der Waals surface area contributed by atoms with Crippen molar-refractivity contribution in [3.63, 3.8) is 0 Å². The van der Waals surface area contributed by atoms with Crippen LogP contribution in [0, 0.1) is 5.92 Å². The Hall–Kier alpha value is -5.11. The lowest BCUT2D eigenvalue weighted by Gasteiger charge is -2.23. The summed E-state index contributed by atoms with van der Waals surface area (Å²) in [6.07, 6.45) is 2.90. The van der Waals surface area contributed by atoms with Crippen LogP contribution >= 0.6 is 7.14 Å². The van der Waals surface area contributed by atoms with E-state index in [4.69, 9.17) is 9.47 Å². The fraction of sp³-hybridized carbons (Fsp3) is 0.136. The highest BCUT2D eigenvalue weighted by atomic mass is 31.2. The topological polar surface area (TPSA) is 35.5 Å². The summed E-state index contributed by atoms with van der Waals surface area (Å²) in [5, 5.41) is 2.08. The molecule has 0 saturated carbocycles. The molecular formula is C44H41O3P. The molecule has 0 saturated heterocycles. The van der Waals surface area contributed by atoms with Crippen LogP contribution in [0.4, 0.5) is 0 Å². The van der Waals surface area contributed by atoms with E-state index in [1.54, 1.807) is 0 Å². The van der Waals surface area contributed by atoms with Crippen LogP contribution in [0.1, 0.15) is 36.1 Å². The second kappa shape index (κ2) is 15.2. The minimum atomic E-state index is -3.35. The van der Waals surface area contributed by atoms with Crippen LogP contribution in [-0.2, 0) is 24.2 Å². The van der Waals surface area contributed by atoms with Gasteiger partial charge in [-0.05, 0) is 63.9 Å². The zero-order valence-corrected chi connectivity index (χ0v) is 28.5. The quantitative estimate of drug-likeness (QED) is 0.117. The van der Waals surface area contributed by atoms with E-state index < -0.39 is 7.14 Å². The van der Waals surface area contributed by atoms with Crippen LogP contribution in [0.2, 0.25) is 0 Å².